The number of ketones is 1. The van der Waals surface area contributed by atoms with E-state index in [9.17, 15) is 14.7 Å². The third kappa shape index (κ3) is 9.59. The summed E-state index contributed by atoms with van der Waals surface area (Å²) in [4.78, 5) is 26.4. The maximum Gasteiger partial charge on any atom is 0.317 e. The van der Waals surface area contributed by atoms with Gasteiger partial charge in [0.05, 0.1) is 13.2 Å². The van der Waals surface area contributed by atoms with E-state index in [-0.39, 0.29) is 23.6 Å². The Morgan fingerprint density at radius 3 is 2.19 bits per heavy atom. The summed E-state index contributed by atoms with van der Waals surface area (Å²) in [5.74, 6) is -1.17. The molecular formula is C35H58O8. The second-order valence-corrected chi connectivity index (χ2v) is 13.4. The summed E-state index contributed by atoms with van der Waals surface area (Å²) in [6, 6.07) is 0. The van der Waals surface area contributed by atoms with E-state index in [1.807, 2.05) is 0 Å². The van der Waals surface area contributed by atoms with Gasteiger partial charge in [-0.2, -0.15) is 0 Å². The van der Waals surface area contributed by atoms with Crippen LogP contribution in [-0.2, 0) is 33.3 Å². The lowest BCUT2D eigenvalue weighted by Crippen LogP contribution is -2.42. The smallest absolute Gasteiger partial charge is 0.317 e. The highest BCUT2D eigenvalue weighted by molar-refractivity contribution is 5.83. The Hall–Kier alpha value is -1.32. The van der Waals surface area contributed by atoms with Gasteiger partial charge in [0, 0.05) is 32.5 Å². The van der Waals surface area contributed by atoms with Gasteiger partial charge in [0.15, 0.2) is 18.4 Å². The standard InChI is InChI=1S/C35H58O8/c1-3-4-5-6-7-8-9-10-16-27-20-21-30(37)29(27)25-28(36)17-15-22-34(33(38)39-2)26-35(34,42-31-18-11-13-23-40-31)43-32-19-12-14-24-41-32/h10,16,27,29-32,37H,3-9,11-15,17-26H2,1-2H3/b16-10+/t27-,29+,30-,31?,32?,34?,35?/m0/s1. The molecule has 4 rings (SSSR count). The van der Waals surface area contributed by atoms with Crippen LogP contribution in [0.2, 0.25) is 0 Å². The maximum absolute atomic E-state index is 13.3. The number of carbonyl (C=O) groups is 2. The van der Waals surface area contributed by atoms with E-state index in [2.05, 4.69) is 19.1 Å². The first-order valence-corrected chi connectivity index (χ1v) is 17.5. The first-order chi connectivity index (χ1) is 20.9. The van der Waals surface area contributed by atoms with Gasteiger partial charge < -0.3 is 28.8 Å². The van der Waals surface area contributed by atoms with E-state index < -0.39 is 29.9 Å². The van der Waals surface area contributed by atoms with Crippen molar-refractivity contribution in [3.63, 3.8) is 0 Å². The van der Waals surface area contributed by atoms with E-state index in [4.69, 9.17) is 23.7 Å². The van der Waals surface area contributed by atoms with Crippen molar-refractivity contribution < 1.29 is 38.4 Å². The molecule has 8 nitrogen and oxygen atoms in total. The van der Waals surface area contributed by atoms with Crippen molar-refractivity contribution in [1.82, 2.24) is 0 Å². The molecule has 2 saturated heterocycles. The molecule has 4 fully saturated rings. The second kappa shape index (κ2) is 17.4. The van der Waals surface area contributed by atoms with Gasteiger partial charge in [-0.1, -0.05) is 51.2 Å². The topological polar surface area (TPSA) is 101 Å². The summed E-state index contributed by atoms with van der Waals surface area (Å²) in [7, 11) is 1.40. The highest BCUT2D eigenvalue weighted by Gasteiger charge is 2.77. The number of rotatable bonds is 19. The average molecular weight is 607 g/mol. The zero-order chi connectivity index (χ0) is 30.5. The number of ether oxygens (including phenoxy) is 5. The monoisotopic (exact) mass is 606 g/mol. The summed E-state index contributed by atoms with van der Waals surface area (Å²) in [6.45, 7) is 3.49. The summed E-state index contributed by atoms with van der Waals surface area (Å²) in [5, 5.41) is 10.7. The Morgan fingerprint density at radius 2 is 1.56 bits per heavy atom. The molecule has 0 aromatic heterocycles. The molecule has 2 aliphatic heterocycles. The molecule has 0 amide bonds. The molecule has 4 aliphatic rings. The van der Waals surface area contributed by atoms with Crippen molar-refractivity contribution in [2.75, 3.05) is 20.3 Å². The minimum absolute atomic E-state index is 0.0264. The first kappa shape index (κ1) is 34.6. The molecule has 2 saturated carbocycles. The second-order valence-electron chi connectivity index (χ2n) is 13.4. The quantitative estimate of drug-likeness (QED) is 0.0716. The van der Waals surface area contributed by atoms with Gasteiger partial charge in [-0.3, -0.25) is 9.59 Å². The van der Waals surface area contributed by atoms with E-state index in [1.54, 1.807) is 0 Å². The van der Waals surface area contributed by atoms with Crippen LogP contribution in [0.15, 0.2) is 12.2 Å². The molecule has 43 heavy (non-hydrogen) atoms. The lowest BCUT2D eigenvalue weighted by atomic mass is 9.87. The number of unbranched alkanes of at least 4 members (excludes halogenated alkanes) is 6. The number of aliphatic hydroxyl groups is 1. The molecule has 246 valence electrons. The molecule has 2 heterocycles. The van der Waals surface area contributed by atoms with Gasteiger partial charge in [-0.25, -0.2) is 0 Å². The number of carbonyl (C=O) groups excluding carboxylic acids is 2. The fourth-order valence-corrected chi connectivity index (χ4v) is 7.40. The average Bonchev–Trinajstić information content (AvgIpc) is 3.50. The van der Waals surface area contributed by atoms with Gasteiger partial charge in [-0.05, 0) is 88.9 Å². The van der Waals surface area contributed by atoms with Crippen molar-refractivity contribution >= 4 is 11.8 Å². The molecule has 2 aliphatic carbocycles. The number of hydrogen-bond acceptors (Lipinski definition) is 8. The third-order valence-electron chi connectivity index (χ3n) is 10.1. The first-order valence-electron chi connectivity index (χ1n) is 17.5. The Morgan fingerprint density at radius 1 is 0.884 bits per heavy atom. The van der Waals surface area contributed by atoms with Crippen LogP contribution in [0.25, 0.3) is 0 Å². The van der Waals surface area contributed by atoms with Crippen LogP contribution < -0.4 is 0 Å². The molecule has 8 heteroatoms. The van der Waals surface area contributed by atoms with Crippen molar-refractivity contribution in [3.8, 4) is 0 Å². The maximum atomic E-state index is 13.3. The number of Topliss-reactive ketones (excluding diaryl/α,β-unsaturated/α-hetero) is 1. The largest absolute Gasteiger partial charge is 0.468 e. The van der Waals surface area contributed by atoms with Crippen molar-refractivity contribution in [2.24, 2.45) is 17.3 Å². The number of hydrogen-bond donors (Lipinski definition) is 1. The molecule has 0 radical (unpaired) electrons. The molecule has 0 bridgehead atoms. The Balaban J connectivity index is 1.29. The Kier molecular flexibility index (Phi) is 14.0. The summed E-state index contributed by atoms with van der Waals surface area (Å²) in [5.41, 5.74) is -0.988. The molecule has 0 spiro atoms. The minimum atomic E-state index is -1.17. The van der Waals surface area contributed by atoms with E-state index in [0.29, 0.717) is 45.3 Å². The Bertz CT molecular complexity index is 857. The predicted octanol–water partition coefficient (Wildman–Crippen LogP) is 7.16. The van der Waals surface area contributed by atoms with Gasteiger partial charge in [0.25, 0.3) is 0 Å². The number of allylic oxidation sites excluding steroid dienone is 2. The minimum Gasteiger partial charge on any atom is -0.468 e. The van der Waals surface area contributed by atoms with E-state index in [1.165, 1.54) is 45.6 Å². The van der Waals surface area contributed by atoms with E-state index in [0.717, 1.165) is 57.8 Å². The SMILES string of the molecule is CCCCCCCC/C=C/[C@H]1CC[C@H](O)[C@@H]1CC(=O)CCCC1(C(=O)OC)CC1(OC1CCCCO1)OC1CCCCO1. The van der Waals surface area contributed by atoms with Crippen LogP contribution in [0.1, 0.15) is 135 Å². The number of methoxy groups -OCH3 is 1. The zero-order valence-corrected chi connectivity index (χ0v) is 26.9. The van der Waals surface area contributed by atoms with Gasteiger partial charge in [0.2, 0.25) is 0 Å². The Labute approximate surface area is 259 Å². The summed E-state index contributed by atoms with van der Waals surface area (Å²) >= 11 is 0. The highest BCUT2D eigenvalue weighted by atomic mass is 16.8. The molecule has 0 aromatic carbocycles. The van der Waals surface area contributed by atoms with Crippen LogP contribution in [0.4, 0.5) is 0 Å². The van der Waals surface area contributed by atoms with Crippen LogP contribution in [-0.4, -0.2) is 61.7 Å². The molecule has 1 N–H and O–H groups in total. The number of esters is 1. The fourth-order valence-electron chi connectivity index (χ4n) is 7.40. The third-order valence-corrected chi connectivity index (χ3v) is 10.1. The zero-order valence-electron chi connectivity index (χ0n) is 26.9. The van der Waals surface area contributed by atoms with E-state index >= 15 is 0 Å². The molecule has 6 atom stereocenters. The highest BCUT2D eigenvalue weighted by Crippen LogP contribution is 2.64. The van der Waals surface area contributed by atoms with Crippen LogP contribution in [0.5, 0.6) is 0 Å². The fraction of sp³-hybridized carbons (Fsp3) is 0.886. The van der Waals surface area contributed by atoms with Crippen molar-refractivity contribution in [2.45, 2.75) is 160 Å². The summed E-state index contributed by atoms with van der Waals surface area (Å²) < 4.78 is 29.9. The molecule has 3 unspecified atom stereocenters. The molecular weight excluding hydrogens is 548 g/mol. The normalized spacial score (nSPS) is 34.4. The lowest BCUT2D eigenvalue weighted by molar-refractivity contribution is -0.332. The molecule has 0 aromatic rings. The van der Waals surface area contributed by atoms with Gasteiger partial charge in [-0.15, -0.1) is 0 Å². The predicted molar refractivity (Wildman–Crippen MR) is 164 cm³/mol. The van der Waals surface area contributed by atoms with Crippen LogP contribution >= 0.6 is 0 Å². The summed E-state index contributed by atoms with van der Waals surface area (Å²) in [6.07, 6.45) is 21.2. The van der Waals surface area contributed by atoms with Crippen LogP contribution in [0, 0.1) is 17.3 Å². The van der Waals surface area contributed by atoms with Gasteiger partial charge >= 0.3 is 5.97 Å². The van der Waals surface area contributed by atoms with Crippen molar-refractivity contribution in [3.05, 3.63) is 12.2 Å². The van der Waals surface area contributed by atoms with Crippen LogP contribution in [0.3, 0.4) is 0 Å². The van der Waals surface area contributed by atoms with Gasteiger partial charge in [0.1, 0.15) is 11.2 Å². The lowest BCUT2D eigenvalue weighted by Gasteiger charge is -2.34. The number of aliphatic hydroxyl groups excluding tert-OH is 1. The van der Waals surface area contributed by atoms with Crippen molar-refractivity contribution in [1.29, 1.82) is 0 Å².